The van der Waals surface area contributed by atoms with Gasteiger partial charge in [0.1, 0.15) is 0 Å². The average Bonchev–Trinajstić information content (AvgIpc) is 2.88. The van der Waals surface area contributed by atoms with Gasteiger partial charge in [-0.05, 0) is 73.9 Å². The van der Waals surface area contributed by atoms with E-state index in [1.807, 2.05) is 20.8 Å². The molecule has 0 aliphatic rings. The van der Waals surface area contributed by atoms with E-state index in [-0.39, 0.29) is 11.4 Å². The topological polar surface area (TPSA) is 97.3 Å². The van der Waals surface area contributed by atoms with Crippen LogP contribution in [0.25, 0.3) is 0 Å². The lowest BCUT2D eigenvalue weighted by molar-refractivity contribution is -0.121. The Morgan fingerprint density at radius 2 is 1.79 bits per heavy atom. The maximum absolute atomic E-state index is 13.4. The Morgan fingerprint density at radius 3 is 2.47 bits per heavy atom. The molecule has 3 aromatic carbocycles. The number of benzene rings is 3. The largest absolute Gasteiger partial charge is 0.490 e. The van der Waals surface area contributed by atoms with Crippen molar-refractivity contribution in [3.8, 4) is 11.5 Å². The van der Waals surface area contributed by atoms with E-state index in [4.69, 9.17) is 21.1 Å². The number of nitrogens with one attached hydrogen (secondary N) is 1. The fourth-order valence-corrected chi connectivity index (χ4v) is 5.10. The van der Waals surface area contributed by atoms with Crippen molar-refractivity contribution in [2.45, 2.75) is 38.6 Å². The van der Waals surface area contributed by atoms with Crippen molar-refractivity contribution in [1.82, 2.24) is 9.73 Å². The normalized spacial score (nSPS) is 11.6. The minimum atomic E-state index is -3.98. The summed E-state index contributed by atoms with van der Waals surface area (Å²) in [7, 11) is -3.98. The molecule has 0 aliphatic heterocycles. The lowest BCUT2D eigenvalue weighted by Gasteiger charge is -2.21. The fraction of sp³-hybridized carbons (Fsp3) is 0.286. The van der Waals surface area contributed by atoms with Crippen molar-refractivity contribution in [3.63, 3.8) is 0 Å². The highest BCUT2D eigenvalue weighted by molar-refractivity contribution is 7.89. The first-order valence-corrected chi connectivity index (χ1v) is 14.1. The van der Waals surface area contributed by atoms with Gasteiger partial charge in [0.15, 0.2) is 11.5 Å². The third-order valence-electron chi connectivity index (χ3n) is 5.36. The van der Waals surface area contributed by atoms with Gasteiger partial charge < -0.3 is 9.47 Å². The van der Waals surface area contributed by atoms with Gasteiger partial charge in [-0.15, -0.1) is 0 Å². The van der Waals surface area contributed by atoms with Crippen LogP contribution in [0.5, 0.6) is 11.5 Å². The number of halogens is 1. The molecule has 1 amide bonds. The summed E-state index contributed by atoms with van der Waals surface area (Å²) in [5, 5.41) is 4.49. The standard InChI is InChI=1S/C28H32ClN3O5S/c1-4-15-37-26-14-11-22(17-27(26)36-5-2)18-30-31-28(33)20-32(19-23-7-6-8-24(29)16-23)38(34,35)25-12-9-21(3)10-13-25/h6-14,16-18H,4-5,15,19-20H2,1-3H3,(H,31,33)/b30-18-. The van der Waals surface area contributed by atoms with Crippen molar-refractivity contribution in [1.29, 1.82) is 0 Å². The first kappa shape index (κ1) is 29.2. The lowest BCUT2D eigenvalue weighted by atomic mass is 10.2. The summed E-state index contributed by atoms with van der Waals surface area (Å²) >= 11 is 6.09. The van der Waals surface area contributed by atoms with E-state index < -0.39 is 22.5 Å². The molecular weight excluding hydrogens is 526 g/mol. The molecule has 1 N–H and O–H groups in total. The van der Waals surface area contributed by atoms with Crippen LogP contribution in [-0.2, 0) is 21.4 Å². The summed E-state index contributed by atoms with van der Waals surface area (Å²) in [6, 6.07) is 18.7. The number of hydrogen-bond donors (Lipinski definition) is 1. The zero-order chi connectivity index (χ0) is 27.5. The highest BCUT2D eigenvalue weighted by atomic mass is 35.5. The Bertz CT molecular complexity index is 1360. The Hall–Kier alpha value is -3.40. The van der Waals surface area contributed by atoms with Crippen molar-refractivity contribution in [2.24, 2.45) is 5.10 Å². The maximum atomic E-state index is 13.4. The van der Waals surface area contributed by atoms with E-state index >= 15 is 0 Å². The summed E-state index contributed by atoms with van der Waals surface area (Å²) in [5.41, 5.74) is 4.68. The van der Waals surface area contributed by atoms with E-state index in [1.54, 1.807) is 54.6 Å². The number of carbonyl (C=O) groups is 1. The number of aryl methyl sites for hydroxylation is 1. The third-order valence-corrected chi connectivity index (χ3v) is 7.40. The number of carbonyl (C=O) groups excluding carboxylic acids is 1. The monoisotopic (exact) mass is 557 g/mol. The predicted molar refractivity (Wildman–Crippen MR) is 149 cm³/mol. The summed E-state index contributed by atoms with van der Waals surface area (Å²) in [4.78, 5) is 12.9. The van der Waals surface area contributed by atoms with Crippen LogP contribution in [0.1, 0.15) is 37.0 Å². The van der Waals surface area contributed by atoms with Crippen LogP contribution in [0, 0.1) is 6.92 Å². The molecule has 0 spiro atoms. The minimum absolute atomic E-state index is 0.0369. The van der Waals surface area contributed by atoms with Crippen LogP contribution in [0.4, 0.5) is 0 Å². The molecule has 202 valence electrons. The first-order valence-electron chi connectivity index (χ1n) is 12.3. The Morgan fingerprint density at radius 1 is 1.03 bits per heavy atom. The van der Waals surface area contributed by atoms with Gasteiger partial charge in [0, 0.05) is 11.6 Å². The minimum Gasteiger partial charge on any atom is -0.490 e. The summed E-state index contributed by atoms with van der Waals surface area (Å²) < 4.78 is 39.3. The number of hydrazone groups is 1. The average molecular weight is 558 g/mol. The van der Waals surface area contributed by atoms with Crippen molar-refractivity contribution in [3.05, 3.63) is 88.4 Å². The molecule has 0 saturated carbocycles. The van der Waals surface area contributed by atoms with E-state index in [1.165, 1.54) is 18.3 Å². The van der Waals surface area contributed by atoms with Gasteiger partial charge >= 0.3 is 0 Å². The molecule has 0 radical (unpaired) electrons. The molecule has 0 atom stereocenters. The molecule has 38 heavy (non-hydrogen) atoms. The molecular formula is C28H32ClN3O5S. The molecule has 3 aromatic rings. The smallest absolute Gasteiger partial charge is 0.255 e. The highest BCUT2D eigenvalue weighted by Crippen LogP contribution is 2.28. The zero-order valence-corrected chi connectivity index (χ0v) is 23.3. The number of nitrogens with zero attached hydrogens (tertiary/aromatic N) is 2. The van der Waals surface area contributed by atoms with Crippen LogP contribution in [0.2, 0.25) is 5.02 Å². The van der Waals surface area contributed by atoms with Crippen LogP contribution in [0.3, 0.4) is 0 Å². The zero-order valence-electron chi connectivity index (χ0n) is 21.7. The quantitative estimate of drug-likeness (QED) is 0.231. The number of sulfonamides is 1. The van der Waals surface area contributed by atoms with Gasteiger partial charge in [-0.25, -0.2) is 13.8 Å². The second-order valence-electron chi connectivity index (χ2n) is 8.50. The van der Waals surface area contributed by atoms with Gasteiger partial charge in [-0.2, -0.15) is 9.41 Å². The molecule has 0 bridgehead atoms. The van der Waals surface area contributed by atoms with Gasteiger partial charge in [0.05, 0.1) is 30.9 Å². The number of rotatable bonds is 13. The number of ether oxygens (including phenoxy) is 2. The van der Waals surface area contributed by atoms with Crippen molar-refractivity contribution >= 4 is 33.7 Å². The van der Waals surface area contributed by atoms with Crippen LogP contribution < -0.4 is 14.9 Å². The summed E-state index contributed by atoms with van der Waals surface area (Å²) in [5.74, 6) is 0.618. The Kier molecular flexibility index (Phi) is 10.7. The fourth-order valence-electron chi connectivity index (χ4n) is 3.50. The Labute approximate surface area is 229 Å². The predicted octanol–water partition coefficient (Wildman–Crippen LogP) is 5.18. The molecule has 0 fully saturated rings. The number of hydrogen-bond acceptors (Lipinski definition) is 6. The van der Waals surface area contributed by atoms with Crippen LogP contribution in [0.15, 0.2) is 76.7 Å². The van der Waals surface area contributed by atoms with Crippen molar-refractivity contribution < 1.29 is 22.7 Å². The SMILES string of the molecule is CCCOc1ccc(/C=N\NC(=O)CN(Cc2cccc(Cl)c2)S(=O)(=O)c2ccc(C)cc2)cc1OCC. The van der Waals surface area contributed by atoms with E-state index in [0.717, 1.165) is 16.3 Å². The molecule has 0 saturated heterocycles. The van der Waals surface area contributed by atoms with E-state index in [2.05, 4.69) is 10.5 Å². The Balaban J connectivity index is 1.76. The molecule has 0 heterocycles. The molecule has 3 rings (SSSR count). The second-order valence-corrected chi connectivity index (χ2v) is 10.9. The molecule has 0 unspecified atom stereocenters. The summed E-state index contributed by atoms with van der Waals surface area (Å²) in [6.07, 6.45) is 2.33. The molecule has 8 nitrogen and oxygen atoms in total. The van der Waals surface area contributed by atoms with Gasteiger partial charge in [0.2, 0.25) is 10.0 Å². The van der Waals surface area contributed by atoms with Gasteiger partial charge in [0.25, 0.3) is 5.91 Å². The third kappa shape index (κ3) is 8.31. The van der Waals surface area contributed by atoms with Crippen LogP contribution in [-0.4, -0.2) is 44.6 Å². The van der Waals surface area contributed by atoms with Gasteiger partial charge in [-0.1, -0.05) is 48.4 Å². The highest BCUT2D eigenvalue weighted by Gasteiger charge is 2.27. The van der Waals surface area contributed by atoms with Crippen LogP contribution >= 0.6 is 11.6 Å². The van der Waals surface area contributed by atoms with Gasteiger partial charge in [-0.3, -0.25) is 4.79 Å². The molecule has 10 heteroatoms. The van der Waals surface area contributed by atoms with E-state index in [9.17, 15) is 13.2 Å². The number of amides is 1. The molecule has 0 aromatic heterocycles. The lowest BCUT2D eigenvalue weighted by Crippen LogP contribution is -2.39. The summed E-state index contributed by atoms with van der Waals surface area (Å²) in [6.45, 7) is 6.34. The second kappa shape index (κ2) is 13.9. The van der Waals surface area contributed by atoms with Crippen molar-refractivity contribution in [2.75, 3.05) is 19.8 Å². The van der Waals surface area contributed by atoms with E-state index in [0.29, 0.717) is 40.9 Å². The molecule has 0 aliphatic carbocycles. The first-order chi connectivity index (χ1) is 18.2. The maximum Gasteiger partial charge on any atom is 0.255 e.